The van der Waals surface area contributed by atoms with Crippen LogP contribution in [-0.2, 0) is 4.79 Å². The van der Waals surface area contributed by atoms with Crippen molar-refractivity contribution < 1.29 is 18.7 Å². The molecule has 1 aliphatic heterocycles. The molecule has 24 heavy (non-hydrogen) atoms. The molecule has 124 valence electrons. The number of carbonyl (C=O) groups excluding carboxylic acids is 2. The number of nitrogens with zero attached hydrogens (tertiary/aromatic N) is 1. The van der Waals surface area contributed by atoms with Gasteiger partial charge in [0.25, 0.3) is 5.91 Å². The number of ether oxygens (including phenoxy) is 1. The fourth-order valence-corrected chi connectivity index (χ4v) is 2.69. The molecule has 0 aromatic heterocycles. The second-order valence-corrected chi connectivity index (χ2v) is 5.58. The zero-order valence-electron chi connectivity index (χ0n) is 13.2. The first-order chi connectivity index (χ1) is 11.6. The zero-order valence-corrected chi connectivity index (χ0v) is 13.2. The van der Waals surface area contributed by atoms with Crippen LogP contribution in [0.5, 0.6) is 5.75 Å². The van der Waals surface area contributed by atoms with Gasteiger partial charge in [0.05, 0.1) is 13.2 Å². The maximum atomic E-state index is 13.0. The molecule has 1 atom stereocenters. The van der Waals surface area contributed by atoms with Gasteiger partial charge in [0.15, 0.2) is 0 Å². The quantitative estimate of drug-likeness (QED) is 0.937. The summed E-state index contributed by atoms with van der Waals surface area (Å²) < 4.78 is 18.0. The molecule has 1 fully saturated rings. The maximum absolute atomic E-state index is 13.0. The topological polar surface area (TPSA) is 58.6 Å². The first kappa shape index (κ1) is 16.0. The smallest absolute Gasteiger partial charge is 0.251 e. The van der Waals surface area contributed by atoms with Crippen molar-refractivity contribution in [3.05, 3.63) is 59.9 Å². The van der Waals surface area contributed by atoms with Gasteiger partial charge in [-0.15, -0.1) is 0 Å². The summed E-state index contributed by atoms with van der Waals surface area (Å²) in [6.07, 6.45) is 0.221. The van der Waals surface area contributed by atoms with E-state index < -0.39 is 0 Å². The van der Waals surface area contributed by atoms with Gasteiger partial charge in [0, 0.05) is 24.2 Å². The van der Waals surface area contributed by atoms with Crippen LogP contribution in [0, 0.1) is 5.82 Å². The lowest BCUT2D eigenvalue weighted by molar-refractivity contribution is -0.117. The molecule has 2 aromatic rings. The maximum Gasteiger partial charge on any atom is 0.251 e. The number of amides is 2. The van der Waals surface area contributed by atoms with Crippen LogP contribution in [0.4, 0.5) is 10.1 Å². The molecule has 0 radical (unpaired) electrons. The molecule has 0 unspecified atom stereocenters. The predicted octanol–water partition coefficient (Wildman–Crippen LogP) is 2.37. The van der Waals surface area contributed by atoms with E-state index in [2.05, 4.69) is 5.32 Å². The van der Waals surface area contributed by atoms with E-state index in [9.17, 15) is 14.0 Å². The number of hydrogen-bond donors (Lipinski definition) is 1. The summed E-state index contributed by atoms with van der Waals surface area (Å²) in [5.41, 5.74) is 1.13. The highest BCUT2D eigenvalue weighted by molar-refractivity contribution is 5.99. The van der Waals surface area contributed by atoms with Crippen LogP contribution in [0.1, 0.15) is 16.8 Å². The Balaban J connectivity index is 1.65. The summed E-state index contributed by atoms with van der Waals surface area (Å²) in [5, 5.41) is 2.86. The zero-order chi connectivity index (χ0) is 17.1. The molecule has 0 bridgehead atoms. The third-order valence-corrected chi connectivity index (χ3v) is 3.95. The number of hydrogen-bond acceptors (Lipinski definition) is 3. The van der Waals surface area contributed by atoms with Gasteiger partial charge in [-0.2, -0.15) is 0 Å². The van der Waals surface area contributed by atoms with Gasteiger partial charge in [0.1, 0.15) is 11.6 Å². The fourth-order valence-electron chi connectivity index (χ4n) is 2.69. The van der Waals surface area contributed by atoms with Gasteiger partial charge >= 0.3 is 0 Å². The van der Waals surface area contributed by atoms with Gasteiger partial charge < -0.3 is 15.0 Å². The normalized spacial score (nSPS) is 17.0. The fraction of sp³-hybridized carbons (Fsp3) is 0.222. The molecule has 2 amide bonds. The van der Waals surface area contributed by atoms with Gasteiger partial charge in [-0.3, -0.25) is 9.59 Å². The second kappa shape index (κ2) is 6.70. The third kappa shape index (κ3) is 3.37. The molecule has 3 rings (SSSR count). The Morgan fingerprint density at radius 2 is 1.83 bits per heavy atom. The van der Waals surface area contributed by atoms with E-state index in [1.807, 2.05) is 0 Å². The Kier molecular flexibility index (Phi) is 4.46. The van der Waals surface area contributed by atoms with Crippen LogP contribution >= 0.6 is 0 Å². The van der Waals surface area contributed by atoms with Gasteiger partial charge in [0.2, 0.25) is 5.91 Å². The van der Waals surface area contributed by atoms with Crippen molar-refractivity contribution in [3.8, 4) is 5.75 Å². The van der Waals surface area contributed by atoms with Crippen molar-refractivity contribution in [2.24, 2.45) is 0 Å². The lowest BCUT2D eigenvalue weighted by Crippen LogP contribution is -2.37. The van der Waals surface area contributed by atoms with Crippen LogP contribution in [0.2, 0.25) is 0 Å². The highest BCUT2D eigenvalue weighted by atomic mass is 19.1. The Morgan fingerprint density at radius 1 is 1.17 bits per heavy atom. The summed E-state index contributed by atoms with van der Waals surface area (Å²) in [6.45, 7) is 0.367. The summed E-state index contributed by atoms with van der Waals surface area (Å²) in [6, 6.07) is 12.2. The number of benzene rings is 2. The van der Waals surface area contributed by atoms with E-state index in [1.54, 1.807) is 48.4 Å². The van der Waals surface area contributed by atoms with Gasteiger partial charge in [-0.05, 0) is 48.5 Å². The van der Waals surface area contributed by atoms with E-state index in [-0.39, 0.29) is 30.1 Å². The number of carbonyl (C=O) groups is 2. The Bertz CT molecular complexity index is 744. The second-order valence-electron chi connectivity index (χ2n) is 5.58. The highest BCUT2D eigenvalue weighted by Gasteiger charge is 2.31. The van der Waals surface area contributed by atoms with Crippen molar-refractivity contribution in [3.63, 3.8) is 0 Å². The number of methoxy groups -OCH3 is 1. The molecular formula is C18H17FN2O3. The molecule has 1 N–H and O–H groups in total. The minimum atomic E-state index is -0.352. The van der Waals surface area contributed by atoms with Crippen LogP contribution in [-0.4, -0.2) is 31.5 Å². The molecule has 1 aliphatic rings. The van der Waals surface area contributed by atoms with E-state index >= 15 is 0 Å². The Labute approximate surface area is 139 Å². The summed E-state index contributed by atoms with van der Waals surface area (Å²) in [5.74, 6) is -0.0159. The number of nitrogens with one attached hydrogen (secondary N) is 1. The summed E-state index contributed by atoms with van der Waals surface area (Å²) in [4.78, 5) is 26.0. The highest BCUT2D eigenvalue weighted by Crippen LogP contribution is 2.22. The van der Waals surface area contributed by atoms with E-state index in [0.717, 1.165) is 0 Å². The standard InChI is InChI=1S/C18H17FN2O3/c1-24-16-8-2-12(3-9-16)18(23)20-14-10-17(22)21(11-14)15-6-4-13(19)5-7-15/h2-9,14H,10-11H2,1H3,(H,20,23)/t14-/m0/s1. The van der Waals surface area contributed by atoms with E-state index in [0.29, 0.717) is 23.5 Å². The minimum Gasteiger partial charge on any atom is -0.497 e. The lowest BCUT2D eigenvalue weighted by atomic mass is 10.2. The largest absolute Gasteiger partial charge is 0.497 e. The average molecular weight is 328 g/mol. The van der Waals surface area contributed by atoms with Crippen LogP contribution in [0.25, 0.3) is 0 Å². The van der Waals surface area contributed by atoms with Crippen molar-refractivity contribution in [1.29, 1.82) is 0 Å². The summed E-state index contributed by atoms with van der Waals surface area (Å²) >= 11 is 0. The van der Waals surface area contributed by atoms with Crippen LogP contribution in [0.3, 0.4) is 0 Å². The number of halogens is 1. The third-order valence-electron chi connectivity index (χ3n) is 3.95. The molecule has 0 aliphatic carbocycles. The van der Waals surface area contributed by atoms with Crippen molar-refractivity contribution in [2.75, 3.05) is 18.6 Å². The molecule has 2 aromatic carbocycles. The van der Waals surface area contributed by atoms with Crippen molar-refractivity contribution in [1.82, 2.24) is 5.32 Å². The number of anilines is 1. The summed E-state index contributed by atoms with van der Waals surface area (Å²) in [7, 11) is 1.56. The molecular weight excluding hydrogens is 311 g/mol. The van der Waals surface area contributed by atoms with E-state index in [1.165, 1.54) is 12.1 Å². The first-order valence-electron chi connectivity index (χ1n) is 7.57. The van der Waals surface area contributed by atoms with Crippen LogP contribution < -0.4 is 15.0 Å². The average Bonchev–Trinajstić information content (AvgIpc) is 2.96. The molecule has 5 nitrogen and oxygen atoms in total. The van der Waals surface area contributed by atoms with Gasteiger partial charge in [-0.25, -0.2) is 4.39 Å². The predicted molar refractivity (Wildman–Crippen MR) is 87.6 cm³/mol. The Morgan fingerprint density at radius 3 is 2.46 bits per heavy atom. The minimum absolute atomic E-state index is 0.0957. The monoisotopic (exact) mass is 328 g/mol. The lowest BCUT2D eigenvalue weighted by Gasteiger charge is -2.17. The Hall–Kier alpha value is -2.89. The molecule has 1 heterocycles. The van der Waals surface area contributed by atoms with Crippen molar-refractivity contribution >= 4 is 17.5 Å². The molecule has 6 heteroatoms. The first-order valence-corrected chi connectivity index (χ1v) is 7.57. The van der Waals surface area contributed by atoms with Gasteiger partial charge in [-0.1, -0.05) is 0 Å². The van der Waals surface area contributed by atoms with E-state index in [4.69, 9.17) is 4.74 Å². The van der Waals surface area contributed by atoms with Crippen molar-refractivity contribution in [2.45, 2.75) is 12.5 Å². The molecule has 1 saturated heterocycles. The van der Waals surface area contributed by atoms with Crippen LogP contribution in [0.15, 0.2) is 48.5 Å². The molecule has 0 saturated carbocycles. The number of rotatable bonds is 4. The SMILES string of the molecule is COc1ccc(C(=O)N[C@H]2CC(=O)N(c3ccc(F)cc3)C2)cc1. The molecule has 0 spiro atoms.